The number of hydrogen-bond donors (Lipinski definition) is 6. The predicted molar refractivity (Wildman–Crippen MR) is 104 cm³/mol. The fraction of sp³-hybridized carbons (Fsp3) is 0.333. The molecule has 10 heteroatoms. The molecule has 0 bridgehead atoms. The normalized spacial score (nSPS) is 20.2. The number of guanidine groups is 1. The second kappa shape index (κ2) is 7.69. The molecule has 0 fully saturated rings. The quantitative estimate of drug-likeness (QED) is 0.407. The molecule has 148 valence electrons. The van der Waals surface area contributed by atoms with Crippen LogP contribution in [0.3, 0.4) is 0 Å². The lowest BCUT2D eigenvalue weighted by Gasteiger charge is -2.32. The Kier molecular flexibility index (Phi) is 5.32. The average Bonchev–Trinajstić information content (AvgIpc) is 3.01. The summed E-state index contributed by atoms with van der Waals surface area (Å²) in [6, 6.07) is 6.61. The van der Waals surface area contributed by atoms with Crippen LogP contribution < -0.4 is 27.4 Å². The Balaban J connectivity index is 1.58. The minimum Gasteiger partial charge on any atom is -0.361 e. The van der Waals surface area contributed by atoms with Gasteiger partial charge in [-0.3, -0.25) is 20.2 Å². The molecule has 0 unspecified atom stereocenters. The van der Waals surface area contributed by atoms with Gasteiger partial charge in [0, 0.05) is 29.6 Å². The molecule has 8 N–H and O–H groups in total. The van der Waals surface area contributed by atoms with Gasteiger partial charge in [-0.25, -0.2) is 9.79 Å². The molecule has 1 aliphatic rings. The number of rotatable bonds is 5. The van der Waals surface area contributed by atoms with E-state index in [2.05, 4.69) is 25.9 Å². The van der Waals surface area contributed by atoms with Gasteiger partial charge in [-0.05, 0) is 25.0 Å². The van der Waals surface area contributed by atoms with E-state index in [1.807, 2.05) is 30.5 Å². The van der Waals surface area contributed by atoms with Gasteiger partial charge in [0.05, 0.1) is 6.54 Å². The van der Waals surface area contributed by atoms with Crippen LogP contribution >= 0.6 is 0 Å². The topological polar surface area (TPSA) is 167 Å². The Morgan fingerprint density at radius 2 is 2.11 bits per heavy atom. The summed E-state index contributed by atoms with van der Waals surface area (Å²) < 4.78 is 0. The van der Waals surface area contributed by atoms with Gasteiger partial charge in [-0.15, -0.1) is 0 Å². The van der Waals surface area contributed by atoms with Gasteiger partial charge in [0.25, 0.3) is 5.91 Å². The second-order valence-electron chi connectivity index (χ2n) is 7.02. The zero-order valence-corrected chi connectivity index (χ0v) is 15.4. The summed E-state index contributed by atoms with van der Waals surface area (Å²) in [6.07, 6.45) is 2.46. The predicted octanol–water partition coefficient (Wildman–Crippen LogP) is -0.543. The molecule has 2 atom stereocenters. The summed E-state index contributed by atoms with van der Waals surface area (Å²) in [5.41, 5.74) is 12.0. The van der Waals surface area contributed by atoms with Crippen LogP contribution in [0.1, 0.15) is 18.9 Å². The Labute approximate surface area is 161 Å². The van der Waals surface area contributed by atoms with Crippen LogP contribution in [0, 0.1) is 0 Å². The number of primary amides is 1. The number of fused-ring (bicyclic) bond motifs is 1. The van der Waals surface area contributed by atoms with Crippen LogP contribution in [0.4, 0.5) is 4.79 Å². The van der Waals surface area contributed by atoms with Crippen molar-refractivity contribution >= 4 is 34.7 Å². The number of carbonyl (C=O) groups excluding carboxylic acids is 3. The monoisotopic (exact) mass is 385 g/mol. The summed E-state index contributed by atoms with van der Waals surface area (Å²) in [4.78, 5) is 42.7. The molecule has 4 amide bonds. The summed E-state index contributed by atoms with van der Waals surface area (Å²) >= 11 is 0. The summed E-state index contributed by atoms with van der Waals surface area (Å²) in [7, 11) is 0. The summed E-state index contributed by atoms with van der Waals surface area (Å²) in [5.74, 6) is -0.892. The highest BCUT2D eigenvalue weighted by atomic mass is 16.2. The lowest BCUT2D eigenvalue weighted by molar-refractivity contribution is -0.132. The van der Waals surface area contributed by atoms with Gasteiger partial charge in [-0.2, -0.15) is 0 Å². The molecule has 3 rings (SSSR count). The molecular weight excluding hydrogens is 362 g/mol. The number of aromatic nitrogens is 1. The number of amides is 4. The van der Waals surface area contributed by atoms with Gasteiger partial charge in [0.15, 0.2) is 0 Å². The number of aromatic amines is 1. The fourth-order valence-corrected chi connectivity index (χ4v) is 3.13. The van der Waals surface area contributed by atoms with Crippen LogP contribution in [0.5, 0.6) is 0 Å². The highest BCUT2D eigenvalue weighted by Crippen LogP contribution is 2.19. The van der Waals surface area contributed by atoms with Crippen molar-refractivity contribution in [3.8, 4) is 0 Å². The first-order valence-electron chi connectivity index (χ1n) is 8.81. The molecule has 0 radical (unpaired) electrons. The van der Waals surface area contributed by atoms with E-state index in [0.29, 0.717) is 6.42 Å². The van der Waals surface area contributed by atoms with E-state index < -0.39 is 23.5 Å². The highest BCUT2D eigenvalue weighted by molar-refractivity contribution is 6.08. The van der Waals surface area contributed by atoms with Crippen molar-refractivity contribution in [2.75, 3.05) is 6.54 Å². The summed E-state index contributed by atoms with van der Waals surface area (Å²) in [6.45, 7) is 1.52. The van der Waals surface area contributed by atoms with Gasteiger partial charge in [0.1, 0.15) is 5.54 Å². The zero-order valence-electron chi connectivity index (χ0n) is 15.4. The van der Waals surface area contributed by atoms with Crippen LogP contribution in [-0.4, -0.2) is 46.9 Å². The number of aliphatic imine (C=N–C) groups is 1. The molecule has 2 aromatic rings. The maximum atomic E-state index is 12.4. The molecule has 0 spiro atoms. The van der Waals surface area contributed by atoms with E-state index in [9.17, 15) is 14.4 Å². The molecule has 0 saturated carbocycles. The van der Waals surface area contributed by atoms with E-state index in [1.165, 1.54) is 0 Å². The molecule has 1 aromatic heterocycles. The third-order valence-electron chi connectivity index (χ3n) is 4.55. The van der Waals surface area contributed by atoms with Crippen LogP contribution in [0.2, 0.25) is 0 Å². The number of nitrogens with zero attached hydrogens (tertiary/aromatic N) is 1. The largest absolute Gasteiger partial charge is 0.361 e. The number of urea groups is 1. The van der Waals surface area contributed by atoms with Crippen LogP contribution in [0.25, 0.3) is 10.9 Å². The Bertz CT molecular complexity index is 952. The number of benzene rings is 1. The molecule has 0 aliphatic carbocycles. The molecule has 28 heavy (non-hydrogen) atoms. The molecule has 2 heterocycles. The van der Waals surface area contributed by atoms with Gasteiger partial charge in [-0.1, -0.05) is 18.2 Å². The van der Waals surface area contributed by atoms with Crippen molar-refractivity contribution in [1.29, 1.82) is 0 Å². The first-order valence-corrected chi connectivity index (χ1v) is 8.81. The molecular formula is C18H23N7O3. The Morgan fingerprint density at radius 3 is 2.82 bits per heavy atom. The lowest BCUT2D eigenvalue weighted by atomic mass is 9.98. The van der Waals surface area contributed by atoms with Crippen molar-refractivity contribution < 1.29 is 14.4 Å². The van der Waals surface area contributed by atoms with Crippen LogP contribution in [-0.2, 0) is 16.0 Å². The van der Waals surface area contributed by atoms with Gasteiger partial charge < -0.3 is 21.8 Å². The van der Waals surface area contributed by atoms with E-state index >= 15 is 0 Å². The number of para-hydroxylation sites is 1. The lowest BCUT2D eigenvalue weighted by Crippen LogP contribution is -2.65. The van der Waals surface area contributed by atoms with Gasteiger partial charge >= 0.3 is 6.03 Å². The van der Waals surface area contributed by atoms with Crippen LogP contribution in [0.15, 0.2) is 35.5 Å². The number of nitrogens with two attached hydrogens (primary N) is 2. The zero-order chi connectivity index (χ0) is 20.3. The third-order valence-corrected chi connectivity index (χ3v) is 4.55. The molecule has 0 saturated heterocycles. The van der Waals surface area contributed by atoms with E-state index in [1.54, 1.807) is 6.92 Å². The first-order chi connectivity index (χ1) is 13.3. The van der Waals surface area contributed by atoms with E-state index in [4.69, 9.17) is 11.5 Å². The van der Waals surface area contributed by atoms with E-state index in [-0.39, 0.29) is 24.8 Å². The molecule has 1 aliphatic heterocycles. The SMILES string of the molecule is C[C@@]1(NC(=O)C[C@@H](N)Cc2c[nH]c3ccccc23)CN=C(NC(N)=O)NC1=O. The second-order valence-corrected chi connectivity index (χ2v) is 7.02. The maximum Gasteiger partial charge on any atom is 0.318 e. The van der Waals surface area contributed by atoms with Crippen molar-refractivity contribution in [1.82, 2.24) is 20.9 Å². The minimum absolute atomic E-state index is 0.0299. The van der Waals surface area contributed by atoms with Crippen molar-refractivity contribution in [3.63, 3.8) is 0 Å². The van der Waals surface area contributed by atoms with Crippen molar-refractivity contribution in [2.24, 2.45) is 16.5 Å². The number of nitrogens with one attached hydrogen (secondary N) is 4. The molecule has 1 aromatic carbocycles. The van der Waals surface area contributed by atoms with E-state index in [0.717, 1.165) is 16.5 Å². The minimum atomic E-state index is -1.24. The Hall–Kier alpha value is -3.40. The van der Waals surface area contributed by atoms with Crippen molar-refractivity contribution in [3.05, 3.63) is 36.0 Å². The summed E-state index contributed by atoms with van der Waals surface area (Å²) in [5, 5.41) is 8.35. The van der Waals surface area contributed by atoms with Gasteiger partial charge in [0.2, 0.25) is 11.9 Å². The number of H-pyrrole nitrogens is 1. The maximum absolute atomic E-state index is 12.4. The first kappa shape index (κ1) is 19.4. The molecule has 10 nitrogen and oxygen atoms in total. The standard InChI is InChI=1S/C18H23N7O3/c1-18(9-22-17(23-15(18)27)24-16(20)28)25-14(26)7-11(19)6-10-8-21-13-5-3-2-4-12(10)13/h2-5,8,11,21H,6-7,9,19H2,1H3,(H,25,26)(H4,20,22,23,24,27,28)/t11-,18+/m0/s1. The third kappa shape index (κ3) is 4.29. The highest BCUT2D eigenvalue weighted by Gasteiger charge is 2.38. The Morgan fingerprint density at radius 1 is 1.36 bits per heavy atom. The van der Waals surface area contributed by atoms with Crippen molar-refractivity contribution in [2.45, 2.75) is 31.3 Å². The fourth-order valence-electron chi connectivity index (χ4n) is 3.13. The smallest absolute Gasteiger partial charge is 0.318 e. The number of carbonyl (C=O) groups is 3. The average molecular weight is 385 g/mol. The number of hydrogen-bond acceptors (Lipinski definition) is 5.